The van der Waals surface area contributed by atoms with Crippen molar-refractivity contribution in [3.63, 3.8) is 0 Å². The lowest BCUT2D eigenvalue weighted by molar-refractivity contribution is -0.384. The molecule has 0 bridgehead atoms. The van der Waals surface area contributed by atoms with E-state index in [1.807, 2.05) is 0 Å². The third-order valence-corrected chi connectivity index (χ3v) is 3.20. The monoisotopic (exact) mass is 266 g/mol. The van der Waals surface area contributed by atoms with Crippen LogP contribution in [0.1, 0.15) is 19.3 Å². The lowest BCUT2D eigenvalue weighted by atomic mass is 10.1. The fraction of sp³-hybridized carbons (Fsp3) is 0.583. The standard InChI is InChI=1S/C12H18N4O3/c1-19-11-5-4-10(16(17)18)12(15-11)14-8-6-9-3-2-7-13-9/h4-5,9,13H,2-3,6-8H2,1H3,(H,14,15). The molecule has 1 saturated heterocycles. The highest BCUT2D eigenvalue weighted by molar-refractivity contribution is 5.56. The van der Waals surface area contributed by atoms with E-state index in [4.69, 9.17) is 4.74 Å². The van der Waals surface area contributed by atoms with Crippen molar-refractivity contribution in [2.75, 3.05) is 25.5 Å². The Labute approximate surface area is 111 Å². The Balaban J connectivity index is 1.98. The van der Waals surface area contributed by atoms with Gasteiger partial charge < -0.3 is 15.4 Å². The van der Waals surface area contributed by atoms with Crippen LogP contribution >= 0.6 is 0 Å². The van der Waals surface area contributed by atoms with Gasteiger partial charge in [0.05, 0.1) is 12.0 Å². The van der Waals surface area contributed by atoms with E-state index in [2.05, 4.69) is 15.6 Å². The summed E-state index contributed by atoms with van der Waals surface area (Å²) in [5.74, 6) is 0.634. The van der Waals surface area contributed by atoms with Crippen LogP contribution in [0.4, 0.5) is 11.5 Å². The van der Waals surface area contributed by atoms with Gasteiger partial charge in [-0.1, -0.05) is 0 Å². The molecular formula is C12H18N4O3. The minimum atomic E-state index is -0.442. The van der Waals surface area contributed by atoms with Crippen LogP contribution in [0.25, 0.3) is 0 Å². The first-order valence-corrected chi connectivity index (χ1v) is 6.37. The summed E-state index contributed by atoms with van der Waals surface area (Å²) in [5.41, 5.74) is -0.0276. The van der Waals surface area contributed by atoms with Crippen LogP contribution in [-0.4, -0.2) is 36.1 Å². The van der Waals surface area contributed by atoms with E-state index < -0.39 is 4.92 Å². The number of hydrogen-bond donors (Lipinski definition) is 2. The van der Waals surface area contributed by atoms with E-state index in [1.165, 1.54) is 25.7 Å². The topological polar surface area (TPSA) is 89.3 Å². The first kappa shape index (κ1) is 13.5. The zero-order chi connectivity index (χ0) is 13.7. The largest absolute Gasteiger partial charge is 0.481 e. The van der Waals surface area contributed by atoms with Crippen molar-refractivity contribution in [2.24, 2.45) is 0 Å². The second-order valence-electron chi connectivity index (χ2n) is 4.49. The summed E-state index contributed by atoms with van der Waals surface area (Å²) < 4.78 is 4.98. The minimum Gasteiger partial charge on any atom is -0.481 e. The van der Waals surface area contributed by atoms with Crippen LogP contribution in [0.5, 0.6) is 5.88 Å². The number of rotatable bonds is 6. The Bertz CT molecular complexity index is 447. The predicted molar refractivity (Wildman–Crippen MR) is 71.6 cm³/mol. The Morgan fingerprint density at radius 2 is 2.47 bits per heavy atom. The molecule has 1 aromatic rings. The first-order valence-electron chi connectivity index (χ1n) is 6.37. The zero-order valence-corrected chi connectivity index (χ0v) is 10.9. The van der Waals surface area contributed by atoms with Crippen LogP contribution in [0.2, 0.25) is 0 Å². The second-order valence-corrected chi connectivity index (χ2v) is 4.49. The van der Waals surface area contributed by atoms with E-state index in [9.17, 15) is 10.1 Å². The van der Waals surface area contributed by atoms with Crippen molar-refractivity contribution in [3.05, 3.63) is 22.2 Å². The van der Waals surface area contributed by atoms with Crippen molar-refractivity contribution in [1.82, 2.24) is 10.3 Å². The molecule has 2 rings (SSSR count). The summed E-state index contributed by atoms with van der Waals surface area (Å²) in [6.45, 7) is 1.71. The Morgan fingerprint density at radius 3 is 3.11 bits per heavy atom. The van der Waals surface area contributed by atoms with Gasteiger partial charge in [-0.05, 0) is 25.8 Å². The van der Waals surface area contributed by atoms with Gasteiger partial charge in [-0.2, -0.15) is 4.98 Å². The smallest absolute Gasteiger partial charge is 0.311 e. The number of ether oxygens (including phenoxy) is 1. The zero-order valence-electron chi connectivity index (χ0n) is 10.9. The SMILES string of the molecule is COc1ccc([N+](=O)[O-])c(NCCC2CCCN2)n1. The average molecular weight is 266 g/mol. The quantitative estimate of drug-likeness (QED) is 0.600. The Kier molecular flexibility index (Phi) is 4.51. The summed E-state index contributed by atoms with van der Waals surface area (Å²) in [4.78, 5) is 14.6. The summed E-state index contributed by atoms with van der Waals surface area (Å²) in [7, 11) is 1.49. The molecule has 1 aliphatic heterocycles. The number of nitrogens with zero attached hydrogens (tertiary/aromatic N) is 2. The van der Waals surface area contributed by atoms with Gasteiger partial charge in [-0.3, -0.25) is 10.1 Å². The lowest BCUT2D eigenvalue weighted by Gasteiger charge is -2.11. The van der Waals surface area contributed by atoms with E-state index >= 15 is 0 Å². The number of aromatic nitrogens is 1. The molecule has 104 valence electrons. The van der Waals surface area contributed by atoms with Gasteiger partial charge in [0.2, 0.25) is 11.7 Å². The Hall–Kier alpha value is -1.89. The molecule has 0 spiro atoms. The van der Waals surface area contributed by atoms with Gasteiger partial charge in [0.15, 0.2) is 0 Å². The molecule has 1 atom stereocenters. The number of hydrogen-bond acceptors (Lipinski definition) is 6. The summed E-state index contributed by atoms with van der Waals surface area (Å²) in [6.07, 6.45) is 3.29. The maximum atomic E-state index is 10.9. The van der Waals surface area contributed by atoms with E-state index in [0.29, 0.717) is 18.5 Å². The fourth-order valence-electron chi connectivity index (χ4n) is 2.19. The second kappa shape index (κ2) is 6.33. The average Bonchev–Trinajstić information content (AvgIpc) is 2.91. The van der Waals surface area contributed by atoms with Gasteiger partial charge in [0.25, 0.3) is 0 Å². The molecule has 19 heavy (non-hydrogen) atoms. The van der Waals surface area contributed by atoms with Gasteiger partial charge in [-0.25, -0.2) is 0 Å². The number of methoxy groups -OCH3 is 1. The molecule has 0 aromatic carbocycles. The van der Waals surface area contributed by atoms with Crippen molar-refractivity contribution in [2.45, 2.75) is 25.3 Å². The molecule has 1 unspecified atom stereocenters. The van der Waals surface area contributed by atoms with Crippen molar-refractivity contribution >= 4 is 11.5 Å². The highest BCUT2D eigenvalue weighted by Crippen LogP contribution is 2.24. The van der Waals surface area contributed by atoms with Crippen molar-refractivity contribution < 1.29 is 9.66 Å². The third kappa shape index (κ3) is 3.54. The maximum absolute atomic E-state index is 10.9. The summed E-state index contributed by atoms with van der Waals surface area (Å²) >= 11 is 0. The normalized spacial score (nSPS) is 18.3. The molecular weight excluding hydrogens is 248 g/mol. The van der Waals surface area contributed by atoms with E-state index in [-0.39, 0.29) is 11.5 Å². The Morgan fingerprint density at radius 1 is 1.63 bits per heavy atom. The third-order valence-electron chi connectivity index (χ3n) is 3.20. The van der Waals surface area contributed by atoms with Crippen molar-refractivity contribution in [1.29, 1.82) is 0 Å². The lowest BCUT2D eigenvalue weighted by Crippen LogP contribution is -2.24. The first-order chi connectivity index (χ1) is 9.20. The molecule has 7 heteroatoms. The molecule has 0 aliphatic carbocycles. The number of nitrogens with one attached hydrogen (secondary N) is 2. The molecule has 0 saturated carbocycles. The summed E-state index contributed by atoms with van der Waals surface area (Å²) in [6, 6.07) is 3.39. The van der Waals surface area contributed by atoms with Gasteiger partial charge in [0, 0.05) is 24.7 Å². The highest BCUT2D eigenvalue weighted by atomic mass is 16.6. The number of anilines is 1. The van der Waals surface area contributed by atoms with Crippen LogP contribution in [-0.2, 0) is 0 Å². The fourth-order valence-corrected chi connectivity index (χ4v) is 2.19. The van der Waals surface area contributed by atoms with Crippen LogP contribution in [0.3, 0.4) is 0 Å². The molecule has 7 nitrogen and oxygen atoms in total. The maximum Gasteiger partial charge on any atom is 0.311 e. The van der Waals surface area contributed by atoms with Crippen molar-refractivity contribution in [3.8, 4) is 5.88 Å². The molecule has 2 heterocycles. The highest BCUT2D eigenvalue weighted by Gasteiger charge is 2.17. The van der Waals surface area contributed by atoms with E-state index in [1.54, 1.807) is 0 Å². The number of nitro groups is 1. The van der Waals surface area contributed by atoms with Crippen LogP contribution < -0.4 is 15.4 Å². The van der Waals surface area contributed by atoms with Gasteiger partial charge in [-0.15, -0.1) is 0 Å². The van der Waals surface area contributed by atoms with Gasteiger partial charge >= 0.3 is 5.69 Å². The molecule has 2 N–H and O–H groups in total. The van der Waals surface area contributed by atoms with Crippen LogP contribution in [0, 0.1) is 10.1 Å². The van der Waals surface area contributed by atoms with Gasteiger partial charge in [0.1, 0.15) is 0 Å². The van der Waals surface area contributed by atoms with E-state index in [0.717, 1.165) is 19.4 Å². The predicted octanol–water partition coefficient (Wildman–Crippen LogP) is 1.55. The molecule has 0 amide bonds. The molecule has 1 aromatic heterocycles. The number of pyridine rings is 1. The summed E-state index contributed by atoms with van der Waals surface area (Å²) in [5, 5.41) is 17.3. The van der Waals surface area contributed by atoms with Crippen LogP contribution in [0.15, 0.2) is 12.1 Å². The molecule has 1 aliphatic rings. The minimum absolute atomic E-state index is 0.0276. The molecule has 0 radical (unpaired) electrons. The molecule has 1 fully saturated rings.